The van der Waals surface area contributed by atoms with E-state index >= 15 is 0 Å². The number of carbonyl (C=O) groups excluding carboxylic acids is 1. The largest absolute Gasteiger partial charge is 0.497 e. The summed E-state index contributed by atoms with van der Waals surface area (Å²) in [6.07, 6.45) is 3.42. The zero-order valence-corrected chi connectivity index (χ0v) is 17.1. The van der Waals surface area contributed by atoms with Crippen molar-refractivity contribution in [2.45, 2.75) is 6.92 Å². The van der Waals surface area contributed by atoms with E-state index in [1.165, 1.54) is 0 Å². The Labute approximate surface area is 174 Å². The summed E-state index contributed by atoms with van der Waals surface area (Å²) in [4.78, 5) is 25.2. The Morgan fingerprint density at radius 3 is 2.53 bits per heavy atom. The molecule has 3 heterocycles. The maximum absolute atomic E-state index is 12.5. The SMILES string of the molecule is COc1cccc(OCC(=O)N2CCN(c3cc(-n4ccc(C)n4)ncn3)CC2)c1. The van der Waals surface area contributed by atoms with Gasteiger partial charge in [0.1, 0.15) is 23.6 Å². The molecule has 4 rings (SSSR count). The molecule has 0 aliphatic carbocycles. The van der Waals surface area contributed by atoms with Crippen LogP contribution in [0.15, 0.2) is 48.9 Å². The number of aryl methyl sites for hydroxylation is 1. The van der Waals surface area contributed by atoms with Crippen LogP contribution < -0.4 is 14.4 Å². The zero-order chi connectivity index (χ0) is 20.9. The molecule has 0 spiro atoms. The van der Waals surface area contributed by atoms with Crippen molar-refractivity contribution in [2.24, 2.45) is 0 Å². The van der Waals surface area contributed by atoms with E-state index in [1.54, 1.807) is 24.2 Å². The van der Waals surface area contributed by atoms with Crippen LogP contribution in [0.1, 0.15) is 5.69 Å². The molecular weight excluding hydrogens is 384 g/mol. The first-order valence-corrected chi connectivity index (χ1v) is 9.76. The van der Waals surface area contributed by atoms with Crippen molar-refractivity contribution < 1.29 is 14.3 Å². The number of hydrogen-bond donors (Lipinski definition) is 0. The summed E-state index contributed by atoms with van der Waals surface area (Å²) in [5.74, 6) is 2.82. The minimum atomic E-state index is -0.0344. The number of piperazine rings is 1. The highest BCUT2D eigenvalue weighted by Gasteiger charge is 2.22. The average molecular weight is 408 g/mol. The molecular formula is C21H24N6O3. The van der Waals surface area contributed by atoms with Crippen LogP contribution >= 0.6 is 0 Å². The van der Waals surface area contributed by atoms with Gasteiger partial charge < -0.3 is 19.3 Å². The molecule has 1 fully saturated rings. The molecule has 156 valence electrons. The molecule has 0 bridgehead atoms. The molecule has 1 aromatic carbocycles. The highest BCUT2D eigenvalue weighted by Crippen LogP contribution is 2.19. The molecule has 9 heteroatoms. The third-order valence-electron chi connectivity index (χ3n) is 4.96. The number of aromatic nitrogens is 4. The first-order chi connectivity index (χ1) is 14.6. The number of ether oxygens (including phenoxy) is 2. The number of carbonyl (C=O) groups is 1. The van der Waals surface area contributed by atoms with Gasteiger partial charge in [0, 0.05) is 44.5 Å². The Bertz CT molecular complexity index is 1010. The van der Waals surface area contributed by atoms with E-state index in [9.17, 15) is 4.79 Å². The quantitative estimate of drug-likeness (QED) is 0.614. The Morgan fingerprint density at radius 1 is 1.03 bits per heavy atom. The van der Waals surface area contributed by atoms with E-state index < -0.39 is 0 Å². The monoisotopic (exact) mass is 408 g/mol. The maximum atomic E-state index is 12.5. The Balaban J connectivity index is 1.32. The zero-order valence-electron chi connectivity index (χ0n) is 17.1. The molecule has 2 aromatic heterocycles. The topological polar surface area (TPSA) is 85.6 Å². The molecule has 30 heavy (non-hydrogen) atoms. The summed E-state index contributed by atoms with van der Waals surface area (Å²) >= 11 is 0. The van der Waals surface area contributed by atoms with Crippen molar-refractivity contribution in [3.8, 4) is 17.3 Å². The predicted octanol–water partition coefficient (Wildman–Crippen LogP) is 1.71. The lowest BCUT2D eigenvalue weighted by Crippen LogP contribution is -2.50. The normalized spacial score (nSPS) is 13.9. The smallest absolute Gasteiger partial charge is 0.260 e. The summed E-state index contributed by atoms with van der Waals surface area (Å²) in [7, 11) is 1.60. The van der Waals surface area contributed by atoms with Crippen molar-refractivity contribution in [1.82, 2.24) is 24.6 Å². The number of benzene rings is 1. The number of hydrogen-bond acceptors (Lipinski definition) is 7. The van der Waals surface area contributed by atoms with Crippen LogP contribution in [0.4, 0.5) is 5.82 Å². The fraction of sp³-hybridized carbons (Fsp3) is 0.333. The second kappa shape index (κ2) is 8.81. The number of methoxy groups -OCH3 is 1. The Hall–Kier alpha value is -3.62. The average Bonchev–Trinajstić information content (AvgIpc) is 3.24. The van der Waals surface area contributed by atoms with Gasteiger partial charge in [-0.1, -0.05) is 6.07 Å². The lowest BCUT2D eigenvalue weighted by atomic mass is 10.3. The van der Waals surface area contributed by atoms with Crippen LogP contribution in [0, 0.1) is 6.92 Å². The van der Waals surface area contributed by atoms with Gasteiger partial charge in [0.25, 0.3) is 5.91 Å². The lowest BCUT2D eigenvalue weighted by molar-refractivity contribution is -0.133. The molecule has 1 aliphatic heterocycles. The summed E-state index contributed by atoms with van der Waals surface area (Å²) in [6.45, 7) is 4.55. The highest BCUT2D eigenvalue weighted by atomic mass is 16.5. The molecule has 0 N–H and O–H groups in total. The Morgan fingerprint density at radius 2 is 1.80 bits per heavy atom. The highest BCUT2D eigenvalue weighted by molar-refractivity contribution is 5.78. The van der Waals surface area contributed by atoms with E-state index in [2.05, 4.69) is 20.0 Å². The van der Waals surface area contributed by atoms with Crippen LogP contribution in [-0.2, 0) is 4.79 Å². The minimum Gasteiger partial charge on any atom is -0.497 e. The van der Waals surface area contributed by atoms with E-state index in [4.69, 9.17) is 9.47 Å². The van der Waals surface area contributed by atoms with Crippen LogP contribution in [0.2, 0.25) is 0 Å². The number of nitrogens with zero attached hydrogens (tertiary/aromatic N) is 6. The van der Waals surface area contributed by atoms with Crippen molar-refractivity contribution in [3.05, 3.63) is 54.6 Å². The Kier molecular flexibility index (Phi) is 5.78. The molecule has 1 saturated heterocycles. The van der Waals surface area contributed by atoms with Crippen LogP contribution in [0.5, 0.6) is 11.5 Å². The molecule has 3 aromatic rings. The van der Waals surface area contributed by atoms with Gasteiger partial charge in [0.2, 0.25) is 0 Å². The van der Waals surface area contributed by atoms with Crippen molar-refractivity contribution in [2.75, 3.05) is 44.8 Å². The third kappa shape index (κ3) is 4.51. The van der Waals surface area contributed by atoms with Crippen LogP contribution in [-0.4, -0.2) is 70.5 Å². The third-order valence-corrected chi connectivity index (χ3v) is 4.96. The van der Waals surface area contributed by atoms with Gasteiger partial charge >= 0.3 is 0 Å². The van der Waals surface area contributed by atoms with E-state index in [1.807, 2.05) is 48.4 Å². The van der Waals surface area contributed by atoms with Crippen LogP contribution in [0.3, 0.4) is 0 Å². The van der Waals surface area contributed by atoms with Gasteiger partial charge in [-0.2, -0.15) is 5.10 Å². The number of anilines is 1. The molecule has 0 atom stereocenters. The van der Waals surface area contributed by atoms with Gasteiger partial charge in [-0.3, -0.25) is 4.79 Å². The number of amides is 1. The summed E-state index contributed by atoms with van der Waals surface area (Å²) in [5, 5.41) is 4.39. The maximum Gasteiger partial charge on any atom is 0.260 e. The molecule has 0 radical (unpaired) electrons. The summed E-state index contributed by atoms with van der Waals surface area (Å²) in [5.41, 5.74) is 0.929. The van der Waals surface area contributed by atoms with E-state index in [0.717, 1.165) is 17.3 Å². The predicted molar refractivity (Wildman–Crippen MR) is 111 cm³/mol. The fourth-order valence-corrected chi connectivity index (χ4v) is 3.29. The molecule has 0 unspecified atom stereocenters. The van der Waals surface area contributed by atoms with Gasteiger partial charge in [-0.25, -0.2) is 14.6 Å². The standard InChI is InChI=1S/C21H24N6O3/c1-16-6-7-27(24-16)20-13-19(22-15-23-20)25-8-10-26(11-9-25)21(28)14-30-18-5-3-4-17(12-18)29-2/h3-7,12-13,15H,8-11,14H2,1-2H3. The second-order valence-electron chi connectivity index (χ2n) is 6.97. The first-order valence-electron chi connectivity index (χ1n) is 9.76. The molecule has 0 saturated carbocycles. The first kappa shape index (κ1) is 19.7. The van der Waals surface area contributed by atoms with E-state index in [0.29, 0.717) is 37.7 Å². The summed E-state index contributed by atoms with van der Waals surface area (Å²) in [6, 6.07) is 11.1. The molecule has 1 aliphatic rings. The van der Waals surface area contributed by atoms with Gasteiger partial charge in [-0.15, -0.1) is 0 Å². The van der Waals surface area contributed by atoms with E-state index in [-0.39, 0.29) is 12.5 Å². The minimum absolute atomic E-state index is 0.00345. The number of rotatable bonds is 6. The molecule has 1 amide bonds. The van der Waals surface area contributed by atoms with Gasteiger partial charge in [-0.05, 0) is 25.1 Å². The lowest BCUT2D eigenvalue weighted by Gasteiger charge is -2.35. The fourth-order valence-electron chi connectivity index (χ4n) is 3.29. The van der Waals surface area contributed by atoms with Crippen LogP contribution in [0.25, 0.3) is 5.82 Å². The van der Waals surface area contributed by atoms with Gasteiger partial charge in [0.15, 0.2) is 12.4 Å². The molecule has 9 nitrogen and oxygen atoms in total. The van der Waals surface area contributed by atoms with Crippen molar-refractivity contribution >= 4 is 11.7 Å². The van der Waals surface area contributed by atoms with Crippen molar-refractivity contribution in [3.63, 3.8) is 0 Å². The van der Waals surface area contributed by atoms with Crippen molar-refractivity contribution in [1.29, 1.82) is 0 Å². The second-order valence-corrected chi connectivity index (χ2v) is 6.97. The summed E-state index contributed by atoms with van der Waals surface area (Å²) < 4.78 is 12.5. The van der Waals surface area contributed by atoms with Gasteiger partial charge in [0.05, 0.1) is 12.8 Å².